The second-order valence-electron chi connectivity index (χ2n) is 7.70. The topological polar surface area (TPSA) is 123 Å². The van der Waals surface area contributed by atoms with Gasteiger partial charge in [-0.25, -0.2) is 14.2 Å². The average Bonchev–Trinajstić information content (AvgIpc) is 2.65. The molecule has 0 radical (unpaired) electrons. The van der Waals surface area contributed by atoms with Crippen molar-refractivity contribution in [2.45, 2.75) is 53.1 Å². The number of nitriles is 1. The number of halogens is 1. The highest BCUT2D eigenvalue weighted by Gasteiger charge is 2.23. The quantitative estimate of drug-likeness (QED) is 0.507. The van der Waals surface area contributed by atoms with E-state index in [2.05, 4.69) is 25.9 Å². The first-order valence-corrected chi connectivity index (χ1v) is 9.67. The Balaban J connectivity index is 2.36. The van der Waals surface area contributed by atoms with Crippen LogP contribution >= 0.6 is 0 Å². The van der Waals surface area contributed by atoms with Crippen molar-refractivity contribution >= 4 is 23.4 Å². The number of aryl methyl sites for hydroxylation is 2. The van der Waals surface area contributed by atoms with Crippen molar-refractivity contribution in [3.8, 4) is 6.07 Å². The van der Waals surface area contributed by atoms with E-state index >= 15 is 0 Å². The normalized spacial score (nSPS) is 12.7. The number of carboxylic acid groups (broad SMARTS) is 1. The molecule has 8 nitrogen and oxygen atoms in total. The summed E-state index contributed by atoms with van der Waals surface area (Å²) in [6.45, 7) is 9.49. The molecule has 9 heteroatoms. The number of nitrogens with one attached hydrogen (secondary N) is 3. The van der Waals surface area contributed by atoms with Gasteiger partial charge in [0, 0.05) is 17.8 Å². The Morgan fingerprint density at radius 2 is 1.97 bits per heavy atom. The van der Waals surface area contributed by atoms with Gasteiger partial charge in [0.2, 0.25) is 0 Å². The first-order chi connectivity index (χ1) is 14.1. The number of pyridine rings is 2. The van der Waals surface area contributed by atoms with Gasteiger partial charge < -0.3 is 21.1 Å². The first-order valence-electron chi connectivity index (χ1n) is 9.67. The molecule has 0 aliphatic carbocycles. The molecule has 160 valence electrons. The predicted molar refractivity (Wildman–Crippen MR) is 113 cm³/mol. The van der Waals surface area contributed by atoms with Gasteiger partial charge in [0.25, 0.3) is 0 Å². The van der Waals surface area contributed by atoms with Gasteiger partial charge in [-0.1, -0.05) is 13.8 Å². The molecule has 2 heterocycles. The molecule has 2 rings (SSSR count). The molecule has 0 aromatic carbocycles. The largest absolute Gasteiger partial charge is 0.465 e. The summed E-state index contributed by atoms with van der Waals surface area (Å²) in [5.41, 5.74) is 2.52. The highest BCUT2D eigenvalue weighted by atomic mass is 19.1. The van der Waals surface area contributed by atoms with Crippen molar-refractivity contribution in [3.63, 3.8) is 0 Å². The lowest BCUT2D eigenvalue weighted by Gasteiger charge is -2.27. The number of rotatable bonds is 8. The molecule has 2 atom stereocenters. The molecule has 0 fully saturated rings. The van der Waals surface area contributed by atoms with Gasteiger partial charge in [-0.15, -0.1) is 0 Å². The number of anilines is 3. The number of hydrogen-bond donors (Lipinski definition) is 4. The Hall–Kier alpha value is -3.41. The van der Waals surface area contributed by atoms with Crippen LogP contribution in [0.5, 0.6) is 0 Å². The summed E-state index contributed by atoms with van der Waals surface area (Å²) in [5.74, 6) is -0.320. The second-order valence-corrected chi connectivity index (χ2v) is 7.70. The molecule has 0 aliphatic rings. The number of nitrogens with zero attached hydrogens (tertiary/aromatic N) is 3. The molecule has 0 saturated carbocycles. The van der Waals surface area contributed by atoms with E-state index in [9.17, 15) is 14.4 Å². The van der Waals surface area contributed by atoms with E-state index in [0.717, 1.165) is 17.3 Å². The van der Waals surface area contributed by atoms with Crippen LogP contribution in [-0.2, 0) is 0 Å². The van der Waals surface area contributed by atoms with Crippen LogP contribution in [0.4, 0.5) is 26.5 Å². The van der Waals surface area contributed by atoms with Crippen molar-refractivity contribution in [1.29, 1.82) is 5.26 Å². The third-order valence-corrected chi connectivity index (χ3v) is 4.70. The zero-order valence-corrected chi connectivity index (χ0v) is 17.7. The molecule has 0 saturated heterocycles. The van der Waals surface area contributed by atoms with Crippen LogP contribution in [0.2, 0.25) is 0 Å². The maximum atomic E-state index is 14.6. The van der Waals surface area contributed by atoms with Crippen molar-refractivity contribution in [3.05, 3.63) is 41.0 Å². The van der Waals surface area contributed by atoms with E-state index in [4.69, 9.17) is 5.11 Å². The SMILES string of the molecule is Cc1cc(Nc2nc(N[C@H](CC(C)C)[C@H](C)NC(=O)O)c(F)cc2C#N)cnc1C. The van der Waals surface area contributed by atoms with Crippen LogP contribution in [0.3, 0.4) is 0 Å². The number of amides is 1. The second kappa shape index (κ2) is 9.87. The summed E-state index contributed by atoms with van der Waals surface area (Å²) in [6, 6.07) is 4.03. The molecular weight excluding hydrogens is 387 g/mol. The monoisotopic (exact) mass is 414 g/mol. The minimum atomic E-state index is -1.16. The van der Waals surface area contributed by atoms with Crippen LogP contribution in [0, 0.1) is 36.9 Å². The lowest BCUT2D eigenvalue weighted by molar-refractivity contribution is 0.188. The fourth-order valence-corrected chi connectivity index (χ4v) is 2.99. The van der Waals surface area contributed by atoms with Gasteiger partial charge in [-0.3, -0.25) is 4.98 Å². The minimum absolute atomic E-state index is 0.0494. The molecule has 1 amide bonds. The number of aromatic nitrogens is 2. The summed E-state index contributed by atoms with van der Waals surface area (Å²) in [5, 5.41) is 26.8. The van der Waals surface area contributed by atoms with Gasteiger partial charge in [0.15, 0.2) is 17.5 Å². The third kappa shape index (κ3) is 6.04. The van der Waals surface area contributed by atoms with Crippen LogP contribution < -0.4 is 16.0 Å². The van der Waals surface area contributed by atoms with Crippen molar-refractivity contribution in [2.75, 3.05) is 10.6 Å². The van der Waals surface area contributed by atoms with Gasteiger partial charge in [-0.2, -0.15) is 5.26 Å². The predicted octanol–water partition coefficient (Wildman–Crippen LogP) is 4.33. The Morgan fingerprint density at radius 3 is 2.53 bits per heavy atom. The van der Waals surface area contributed by atoms with E-state index < -0.39 is 24.0 Å². The van der Waals surface area contributed by atoms with Gasteiger partial charge in [0.05, 0.1) is 17.4 Å². The molecule has 0 unspecified atom stereocenters. The fourth-order valence-electron chi connectivity index (χ4n) is 2.99. The summed E-state index contributed by atoms with van der Waals surface area (Å²) < 4.78 is 14.6. The summed E-state index contributed by atoms with van der Waals surface area (Å²) in [4.78, 5) is 19.6. The molecular formula is C21H27FN6O2. The maximum absolute atomic E-state index is 14.6. The Kier molecular flexibility index (Phi) is 7.53. The molecule has 30 heavy (non-hydrogen) atoms. The number of hydrogen-bond acceptors (Lipinski definition) is 6. The molecule has 0 spiro atoms. The summed E-state index contributed by atoms with van der Waals surface area (Å²) in [7, 11) is 0. The van der Waals surface area contributed by atoms with Crippen LogP contribution in [0.15, 0.2) is 18.3 Å². The van der Waals surface area contributed by atoms with E-state index in [1.165, 1.54) is 0 Å². The third-order valence-electron chi connectivity index (χ3n) is 4.70. The van der Waals surface area contributed by atoms with E-state index in [-0.39, 0.29) is 23.1 Å². The lowest BCUT2D eigenvalue weighted by atomic mass is 9.98. The molecule has 0 bridgehead atoms. The Bertz CT molecular complexity index is 957. The zero-order valence-electron chi connectivity index (χ0n) is 17.7. The number of carbonyl (C=O) groups is 1. The van der Waals surface area contributed by atoms with Gasteiger partial charge >= 0.3 is 6.09 Å². The van der Waals surface area contributed by atoms with Gasteiger partial charge in [-0.05, 0) is 50.8 Å². The highest BCUT2D eigenvalue weighted by Crippen LogP contribution is 2.25. The Morgan fingerprint density at radius 1 is 1.27 bits per heavy atom. The zero-order chi connectivity index (χ0) is 22.4. The Labute approximate surface area is 175 Å². The molecule has 4 N–H and O–H groups in total. The van der Waals surface area contributed by atoms with E-state index in [1.807, 2.05) is 39.8 Å². The molecule has 0 aliphatic heterocycles. The molecule has 2 aromatic rings. The fraction of sp³-hybridized carbons (Fsp3) is 0.429. The van der Waals surface area contributed by atoms with Crippen molar-refractivity contribution in [2.24, 2.45) is 5.92 Å². The standard InChI is InChI=1S/C21H27FN6O2/c1-11(2)6-18(14(5)25-21(29)30)27-20-17(22)8-15(9-23)19(28-20)26-16-7-12(3)13(4)24-10-16/h7-8,10-11,14,18,25H,6H2,1-5H3,(H,29,30)(H2,26,27,28)/t14-,18+/m0/s1. The first kappa shape index (κ1) is 22.9. The van der Waals surface area contributed by atoms with Crippen molar-refractivity contribution in [1.82, 2.24) is 15.3 Å². The van der Waals surface area contributed by atoms with Crippen molar-refractivity contribution < 1.29 is 14.3 Å². The summed E-state index contributed by atoms with van der Waals surface area (Å²) >= 11 is 0. The van der Waals surface area contributed by atoms with Crippen LogP contribution in [0.25, 0.3) is 0 Å². The average molecular weight is 414 g/mol. The smallest absolute Gasteiger partial charge is 0.404 e. The van der Waals surface area contributed by atoms with Crippen LogP contribution in [-0.4, -0.2) is 33.3 Å². The van der Waals surface area contributed by atoms with Crippen LogP contribution in [0.1, 0.15) is 44.0 Å². The minimum Gasteiger partial charge on any atom is -0.465 e. The van der Waals surface area contributed by atoms with Gasteiger partial charge in [0.1, 0.15) is 6.07 Å². The highest BCUT2D eigenvalue weighted by molar-refractivity contribution is 5.66. The van der Waals surface area contributed by atoms with E-state index in [0.29, 0.717) is 12.1 Å². The van der Waals surface area contributed by atoms with E-state index in [1.54, 1.807) is 13.1 Å². The maximum Gasteiger partial charge on any atom is 0.404 e. The summed E-state index contributed by atoms with van der Waals surface area (Å²) in [6.07, 6.45) is 1.05. The lowest BCUT2D eigenvalue weighted by Crippen LogP contribution is -2.45. The molecule has 2 aromatic heterocycles.